The number of benzene rings is 1. The molecule has 1 aliphatic heterocycles. The summed E-state index contributed by atoms with van der Waals surface area (Å²) in [5, 5.41) is 5.61. The highest BCUT2D eigenvalue weighted by atomic mass is 16.5. The number of hydrogen-bond acceptors (Lipinski definition) is 6. The van der Waals surface area contributed by atoms with Gasteiger partial charge in [-0.05, 0) is 25.5 Å². The average Bonchev–Trinajstić information content (AvgIpc) is 3.40. The van der Waals surface area contributed by atoms with Crippen molar-refractivity contribution in [2.75, 3.05) is 25.1 Å². The molecule has 0 bridgehead atoms. The molecule has 1 unspecified atom stereocenters. The van der Waals surface area contributed by atoms with Crippen molar-refractivity contribution >= 4 is 28.3 Å². The minimum atomic E-state index is -0.155. The number of pyridine rings is 1. The van der Waals surface area contributed by atoms with Gasteiger partial charge in [-0.25, -0.2) is 9.50 Å². The fourth-order valence-electron chi connectivity index (χ4n) is 4.01. The van der Waals surface area contributed by atoms with Crippen LogP contribution in [0.3, 0.4) is 0 Å². The van der Waals surface area contributed by atoms with E-state index in [2.05, 4.69) is 27.1 Å². The van der Waals surface area contributed by atoms with Gasteiger partial charge in [-0.3, -0.25) is 9.78 Å². The van der Waals surface area contributed by atoms with Crippen molar-refractivity contribution < 1.29 is 9.53 Å². The second-order valence-corrected chi connectivity index (χ2v) is 7.42. The Morgan fingerprint density at radius 2 is 2.07 bits per heavy atom. The molecule has 146 valence electrons. The highest BCUT2D eigenvalue weighted by Crippen LogP contribution is 2.29. The summed E-state index contributed by atoms with van der Waals surface area (Å²) < 4.78 is 6.75. The first-order chi connectivity index (χ1) is 14.1. The van der Waals surface area contributed by atoms with Gasteiger partial charge in [0.05, 0.1) is 24.7 Å². The van der Waals surface area contributed by atoms with Crippen LogP contribution in [0.15, 0.2) is 48.8 Å². The molecule has 1 aliphatic rings. The molecule has 0 N–H and O–H groups in total. The van der Waals surface area contributed by atoms with E-state index >= 15 is 0 Å². The molecule has 0 aliphatic carbocycles. The van der Waals surface area contributed by atoms with E-state index in [0.717, 1.165) is 52.2 Å². The van der Waals surface area contributed by atoms with Crippen LogP contribution in [0.2, 0.25) is 0 Å². The van der Waals surface area contributed by atoms with E-state index in [1.54, 1.807) is 0 Å². The van der Waals surface area contributed by atoms with E-state index in [1.165, 1.54) is 7.11 Å². The minimum absolute atomic E-state index is 0.104. The summed E-state index contributed by atoms with van der Waals surface area (Å²) in [6.45, 7) is 3.42. The Bertz CT molecular complexity index is 1230. The number of esters is 1. The zero-order valence-corrected chi connectivity index (χ0v) is 16.4. The van der Waals surface area contributed by atoms with Crippen LogP contribution in [-0.2, 0) is 9.53 Å². The second-order valence-electron chi connectivity index (χ2n) is 7.42. The zero-order chi connectivity index (χ0) is 20.0. The van der Waals surface area contributed by atoms with E-state index in [1.807, 2.05) is 48.1 Å². The summed E-state index contributed by atoms with van der Waals surface area (Å²) in [5.41, 5.74) is 4.67. The van der Waals surface area contributed by atoms with Gasteiger partial charge in [-0.2, -0.15) is 5.10 Å². The minimum Gasteiger partial charge on any atom is -0.469 e. The molecular weight excluding hydrogens is 366 g/mol. The molecule has 4 heterocycles. The molecule has 1 atom stereocenters. The van der Waals surface area contributed by atoms with Crippen molar-refractivity contribution in [2.24, 2.45) is 5.92 Å². The summed E-state index contributed by atoms with van der Waals surface area (Å²) in [6, 6.07) is 12.2. The summed E-state index contributed by atoms with van der Waals surface area (Å²) in [7, 11) is 1.44. The second kappa shape index (κ2) is 6.84. The average molecular weight is 387 g/mol. The van der Waals surface area contributed by atoms with Crippen molar-refractivity contribution in [1.29, 1.82) is 0 Å². The fraction of sp³-hybridized carbons (Fsp3) is 0.273. The van der Waals surface area contributed by atoms with Gasteiger partial charge in [0, 0.05) is 47.6 Å². The third-order valence-corrected chi connectivity index (χ3v) is 5.58. The Balaban J connectivity index is 1.56. The lowest BCUT2D eigenvalue weighted by Crippen LogP contribution is -2.24. The van der Waals surface area contributed by atoms with Gasteiger partial charge in [-0.15, -0.1) is 0 Å². The zero-order valence-electron chi connectivity index (χ0n) is 16.4. The maximum Gasteiger partial charge on any atom is 0.310 e. The van der Waals surface area contributed by atoms with Crippen LogP contribution in [0, 0.1) is 12.8 Å². The molecule has 7 nitrogen and oxygen atoms in total. The Morgan fingerprint density at radius 1 is 1.21 bits per heavy atom. The molecule has 0 radical (unpaired) electrons. The maximum absolute atomic E-state index is 11.9. The van der Waals surface area contributed by atoms with Gasteiger partial charge in [0.15, 0.2) is 5.65 Å². The molecule has 0 amide bonds. The Kier molecular flexibility index (Phi) is 4.16. The Morgan fingerprint density at radius 3 is 2.93 bits per heavy atom. The number of methoxy groups -OCH3 is 1. The molecule has 3 aromatic heterocycles. The summed E-state index contributed by atoms with van der Waals surface area (Å²) in [4.78, 5) is 23.5. The van der Waals surface area contributed by atoms with Crippen LogP contribution in [0.1, 0.15) is 12.1 Å². The smallest absolute Gasteiger partial charge is 0.310 e. The van der Waals surface area contributed by atoms with E-state index in [9.17, 15) is 4.79 Å². The number of para-hydroxylation sites is 1. The van der Waals surface area contributed by atoms with Crippen LogP contribution >= 0.6 is 0 Å². The molecule has 5 rings (SSSR count). The number of aromatic nitrogens is 4. The third-order valence-electron chi connectivity index (χ3n) is 5.58. The molecule has 4 aromatic rings. The van der Waals surface area contributed by atoms with Crippen molar-refractivity contribution in [3.63, 3.8) is 0 Å². The highest BCUT2D eigenvalue weighted by molar-refractivity contribution is 5.87. The fourth-order valence-corrected chi connectivity index (χ4v) is 4.01. The third kappa shape index (κ3) is 2.99. The van der Waals surface area contributed by atoms with Gasteiger partial charge < -0.3 is 9.64 Å². The topological polar surface area (TPSA) is 72.6 Å². The first kappa shape index (κ1) is 17.6. The predicted octanol–water partition coefficient (Wildman–Crippen LogP) is 3.25. The largest absolute Gasteiger partial charge is 0.469 e. The monoisotopic (exact) mass is 387 g/mol. The van der Waals surface area contributed by atoms with Crippen molar-refractivity contribution in [3.8, 4) is 11.1 Å². The van der Waals surface area contributed by atoms with Gasteiger partial charge in [0.25, 0.3) is 0 Å². The van der Waals surface area contributed by atoms with Crippen molar-refractivity contribution in [2.45, 2.75) is 13.3 Å². The first-order valence-corrected chi connectivity index (χ1v) is 9.67. The van der Waals surface area contributed by atoms with Crippen molar-refractivity contribution in [1.82, 2.24) is 19.6 Å². The number of carbonyl (C=O) groups is 1. The maximum atomic E-state index is 11.9. The van der Waals surface area contributed by atoms with Crippen LogP contribution in [0.4, 0.5) is 5.82 Å². The van der Waals surface area contributed by atoms with E-state index in [-0.39, 0.29) is 11.9 Å². The van der Waals surface area contributed by atoms with Crippen LogP contribution in [0.5, 0.6) is 0 Å². The molecular formula is C22H21N5O2. The number of fused-ring (bicyclic) bond motifs is 2. The molecule has 1 saturated heterocycles. The van der Waals surface area contributed by atoms with Gasteiger partial charge in [-0.1, -0.05) is 18.2 Å². The van der Waals surface area contributed by atoms with E-state index in [0.29, 0.717) is 6.54 Å². The highest BCUT2D eigenvalue weighted by Gasteiger charge is 2.30. The number of rotatable bonds is 3. The van der Waals surface area contributed by atoms with Crippen molar-refractivity contribution in [3.05, 3.63) is 54.5 Å². The molecule has 1 fully saturated rings. The number of anilines is 1. The van der Waals surface area contributed by atoms with Crippen LogP contribution in [0.25, 0.3) is 27.7 Å². The quantitative estimate of drug-likeness (QED) is 0.503. The SMILES string of the molecule is COC(=O)C1CCN(c2cc(C)n3ncc(-c4cnc5ccccc5c4)c3n2)C1. The van der Waals surface area contributed by atoms with Gasteiger partial charge in [0.2, 0.25) is 0 Å². The van der Waals surface area contributed by atoms with Gasteiger partial charge >= 0.3 is 5.97 Å². The lowest BCUT2D eigenvalue weighted by atomic mass is 10.1. The normalized spacial score (nSPS) is 16.6. The number of aryl methyl sites for hydroxylation is 1. The van der Waals surface area contributed by atoms with E-state index < -0.39 is 0 Å². The lowest BCUT2D eigenvalue weighted by Gasteiger charge is -2.18. The summed E-state index contributed by atoms with van der Waals surface area (Å²) >= 11 is 0. The molecule has 0 saturated carbocycles. The Labute approximate surface area is 167 Å². The number of ether oxygens (including phenoxy) is 1. The lowest BCUT2D eigenvalue weighted by molar-refractivity contribution is -0.144. The van der Waals surface area contributed by atoms with Gasteiger partial charge in [0.1, 0.15) is 5.82 Å². The summed E-state index contributed by atoms with van der Waals surface area (Å²) in [5.74, 6) is 0.599. The number of carbonyl (C=O) groups excluding carboxylic acids is 1. The molecule has 1 aromatic carbocycles. The molecule has 7 heteroatoms. The van der Waals surface area contributed by atoms with Crippen LogP contribution in [-0.4, -0.2) is 45.8 Å². The Hall–Kier alpha value is -3.48. The molecule has 29 heavy (non-hydrogen) atoms. The number of hydrogen-bond donors (Lipinski definition) is 0. The van der Waals surface area contributed by atoms with E-state index in [4.69, 9.17) is 9.72 Å². The predicted molar refractivity (Wildman–Crippen MR) is 111 cm³/mol. The summed E-state index contributed by atoms with van der Waals surface area (Å²) in [6.07, 6.45) is 4.48. The first-order valence-electron chi connectivity index (χ1n) is 9.67. The number of nitrogens with zero attached hydrogens (tertiary/aromatic N) is 5. The molecule has 0 spiro atoms. The standard InChI is InChI=1S/C22H21N5O2/c1-14-9-20(26-8-7-16(13-26)22(28)29-2)25-21-18(12-24-27(14)21)17-10-15-5-3-4-6-19(15)23-11-17/h3-6,9-12,16H,7-8,13H2,1-2H3. The van der Waals surface area contributed by atoms with Crippen LogP contribution < -0.4 is 4.90 Å².